The molecule has 1 aliphatic rings. The number of nitrogens with zero attached hydrogens (tertiary/aromatic N) is 1. The third-order valence-corrected chi connectivity index (χ3v) is 6.52. The van der Waals surface area contributed by atoms with Crippen molar-refractivity contribution in [1.29, 1.82) is 0 Å². The Morgan fingerprint density at radius 1 is 1.09 bits per heavy atom. The number of rotatable bonds is 12. The maximum absolute atomic E-state index is 12.5. The Morgan fingerprint density at radius 3 is 2.50 bits per heavy atom. The second-order valence-electron chi connectivity index (χ2n) is 8.98. The number of benzene rings is 1. The van der Waals surface area contributed by atoms with Gasteiger partial charge in [-0.05, 0) is 56.7 Å². The zero-order valence-corrected chi connectivity index (χ0v) is 20.4. The summed E-state index contributed by atoms with van der Waals surface area (Å²) in [6.45, 7) is 4.28. The van der Waals surface area contributed by atoms with Crippen LogP contribution in [-0.2, 0) is 11.2 Å². The van der Waals surface area contributed by atoms with Gasteiger partial charge in [-0.2, -0.15) is 0 Å². The molecule has 1 atom stereocenters. The van der Waals surface area contributed by atoms with Gasteiger partial charge in [-0.15, -0.1) is 0 Å². The van der Waals surface area contributed by atoms with Gasteiger partial charge < -0.3 is 23.9 Å². The number of fused-ring (bicyclic) bond motifs is 3. The van der Waals surface area contributed by atoms with Gasteiger partial charge in [0.15, 0.2) is 16.9 Å². The molecule has 0 radical (unpaired) electrons. The van der Waals surface area contributed by atoms with E-state index in [-0.39, 0.29) is 17.4 Å². The summed E-state index contributed by atoms with van der Waals surface area (Å²) >= 11 is 0. The van der Waals surface area contributed by atoms with Gasteiger partial charge in [0.25, 0.3) is 0 Å². The zero-order chi connectivity index (χ0) is 24.7. The van der Waals surface area contributed by atoms with E-state index in [1.165, 1.54) is 12.3 Å². The Morgan fingerprint density at radius 2 is 1.82 bits per heavy atom. The van der Waals surface area contributed by atoms with Gasteiger partial charge in [-0.3, -0.25) is 4.79 Å². The molecular weight excluding hydrogens is 434 g/mol. The Bertz CT molecular complexity index is 1090. The van der Waals surface area contributed by atoms with Crippen molar-refractivity contribution < 1.29 is 24.2 Å². The van der Waals surface area contributed by atoms with Gasteiger partial charge in [0, 0.05) is 30.3 Å². The van der Waals surface area contributed by atoms with Crippen molar-refractivity contribution in [2.45, 2.75) is 77.7 Å². The smallest absolute Gasteiger partial charge is 0.341 e. The molecule has 184 valence electrons. The summed E-state index contributed by atoms with van der Waals surface area (Å²) < 4.78 is 13.6. The Kier molecular flexibility index (Phi) is 8.91. The molecule has 1 aromatic heterocycles. The lowest BCUT2D eigenvalue weighted by Gasteiger charge is -2.21. The number of hydrogen-bond donors (Lipinski definition) is 1. The predicted octanol–water partition coefficient (Wildman–Crippen LogP) is 5.43. The van der Waals surface area contributed by atoms with Crippen molar-refractivity contribution >= 4 is 11.8 Å². The van der Waals surface area contributed by atoms with Crippen molar-refractivity contribution in [2.24, 2.45) is 0 Å². The summed E-state index contributed by atoms with van der Waals surface area (Å²) in [6.07, 6.45) is 9.67. The van der Waals surface area contributed by atoms with E-state index in [1.807, 2.05) is 16.7 Å². The van der Waals surface area contributed by atoms with Crippen LogP contribution in [0.25, 0.3) is 11.3 Å². The first-order valence-corrected chi connectivity index (χ1v) is 12.2. The number of unbranched alkanes of at least 4 members (excludes halogenated alkanes) is 4. The van der Waals surface area contributed by atoms with Crippen LogP contribution in [0.4, 0.5) is 0 Å². The van der Waals surface area contributed by atoms with Crippen molar-refractivity contribution in [2.75, 3.05) is 13.7 Å². The number of hydrogen-bond acceptors (Lipinski definition) is 5. The lowest BCUT2D eigenvalue weighted by molar-refractivity contribution is -0.117. The number of aromatic carboxylic acids is 1. The van der Waals surface area contributed by atoms with E-state index in [0.29, 0.717) is 30.2 Å². The summed E-state index contributed by atoms with van der Waals surface area (Å²) in [6, 6.07) is 5.43. The molecule has 0 aliphatic carbocycles. The number of carboxylic acids is 1. The normalized spacial score (nSPS) is 14.6. The Hall–Kier alpha value is -3.09. The molecule has 2 heterocycles. The van der Waals surface area contributed by atoms with Gasteiger partial charge in [-0.1, -0.05) is 26.2 Å². The van der Waals surface area contributed by atoms with Gasteiger partial charge in [0.2, 0.25) is 0 Å². The standard InChI is InChI=1S/C27H35NO6/c1-4-20-12-11-19-14-26(34-13-9-7-5-6-8-10-18(2)29)25(33-3)15-21(19)23-16-24(30)22(27(31)32)17-28(20)23/h14-17,20H,4-13H2,1-3H3,(H,31,32). The maximum atomic E-state index is 12.5. The number of Topliss-reactive ketones (excluding diaryl/α,β-unsaturated/α-hetero) is 1. The fourth-order valence-corrected chi connectivity index (χ4v) is 4.60. The van der Waals surface area contributed by atoms with Gasteiger partial charge in [-0.25, -0.2) is 4.79 Å². The quantitative estimate of drug-likeness (QED) is 0.417. The van der Waals surface area contributed by atoms with Crippen molar-refractivity contribution in [1.82, 2.24) is 4.57 Å². The summed E-state index contributed by atoms with van der Waals surface area (Å²) in [5.41, 5.74) is 1.94. The molecule has 0 fully saturated rings. The maximum Gasteiger partial charge on any atom is 0.341 e. The van der Waals surface area contributed by atoms with Crippen molar-refractivity contribution in [3.63, 3.8) is 0 Å². The van der Waals surface area contributed by atoms with Crippen LogP contribution in [-0.4, -0.2) is 35.1 Å². The van der Waals surface area contributed by atoms with Crippen molar-refractivity contribution in [3.05, 3.63) is 45.7 Å². The molecule has 3 rings (SSSR count). The predicted molar refractivity (Wildman–Crippen MR) is 131 cm³/mol. The first kappa shape index (κ1) is 25.5. The number of ether oxygens (including phenoxy) is 2. The number of methoxy groups -OCH3 is 1. The van der Waals surface area contributed by atoms with Crippen LogP contribution < -0.4 is 14.9 Å². The molecule has 0 saturated carbocycles. The SMILES string of the molecule is CCC1CCc2cc(OCCCCCCCC(C)=O)c(OC)cc2-c2cc(=O)c(C(=O)O)cn21. The average molecular weight is 470 g/mol. The monoisotopic (exact) mass is 469 g/mol. The second kappa shape index (κ2) is 11.9. The number of aromatic nitrogens is 1. The highest BCUT2D eigenvalue weighted by Crippen LogP contribution is 2.40. The largest absolute Gasteiger partial charge is 0.493 e. The zero-order valence-electron chi connectivity index (χ0n) is 20.4. The van der Waals surface area contributed by atoms with E-state index in [2.05, 4.69) is 6.92 Å². The number of carbonyl (C=O) groups excluding carboxylic acids is 1. The molecule has 0 amide bonds. The minimum Gasteiger partial charge on any atom is -0.493 e. The van der Waals surface area contributed by atoms with Crippen molar-refractivity contribution in [3.8, 4) is 22.8 Å². The number of aryl methyl sites for hydroxylation is 1. The second-order valence-corrected chi connectivity index (χ2v) is 8.98. The highest BCUT2D eigenvalue weighted by Gasteiger charge is 2.25. The summed E-state index contributed by atoms with van der Waals surface area (Å²) in [5.74, 6) is 0.318. The molecule has 2 aromatic rings. The van der Waals surface area contributed by atoms with Gasteiger partial charge in [0.1, 0.15) is 11.3 Å². The molecular formula is C27H35NO6. The number of pyridine rings is 1. The molecule has 1 unspecified atom stereocenters. The molecule has 7 nitrogen and oxygen atoms in total. The Balaban J connectivity index is 1.79. The van der Waals surface area contributed by atoms with E-state index < -0.39 is 11.4 Å². The topological polar surface area (TPSA) is 94.8 Å². The minimum atomic E-state index is -1.21. The first-order valence-electron chi connectivity index (χ1n) is 12.2. The van der Waals surface area contributed by atoms with E-state index in [4.69, 9.17) is 9.47 Å². The van der Waals surface area contributed by atoms with Crippen LogP contribution in [0.1, 0.15) is 87.2 Å². The molecule has 1 aromatic carbocycles. The van der Waals surface area contributed by atoms with Crippen LogP contribution in [0.3, 0.4) is 0 Å². The Labute approximate surface area is 200 Å². The fraction of sp³-hybridized carbons (Fsp3) is 0.519. The fourth-order valence-electron chi connectivity index (χ4n) is 4.60. The van der Waals surface area contributed by atoms with E-state index in [0.717, 1.165) is 62.5 Å². The molecule has 0 bridgehead atoms. The molecule has 1 aliphatic heterocycles. The minimum absolute atomic E-state index is 0.0967. The number of carboxylic acid groups (broad SMARTS) is 1. The van der Waals surface area contributed by atoms with Crippen LogP contribution in [0.2, 0.25) is 0 Å². The molecule has 7 heteroatoms. The summed E-state index contributed by atoms with van der Waals surface area (Å²) in [4.78, 5) is 35.1. The van der Waals surface area contributed by atoms with Crippen LogP contribution in [0.5, 0.6) is 11.5 Å². The van der Waals surface area contributed by atoms with Crippen LogP contribution in [0.15, 0.2) is 29.2 Å². The molecule has 0 saturated heterocycles. The summed E-state index contributed by atoms with van der Waals surface area (Å²) in [5, 5.41) is 9.43. The first-order chi connectivity index (χ1) is 16.3. The lowest BCUT2D eigenvalue weighted by atomic mass is 9.99. The molecule has 1 N–H and O–H groups in total. The average Bonchev–Trinajstić information content (AvgIpc) is 2.95. The molecule has 0 spiro atoms. The van der Waals surface area contributed by atoms with Gasteiger partial charge in [0.05, 0.1) is 19.4 Å². The van der Waals surface area contributed by atoms with E-state index in [9.17, 15) is 19.5 Å². The highest BCUT2D eigenvalue weighted by molar-refractivity contribution is 5.87. The highest BCUT2D eigenvalue weighted by atomic mass is 16.5. The number of carbonyl (C=O) groups is 2. The summed E-state index contributed by atoms with van der Waals surface area (Å²) in [7, 11) is 1.59. The third-order valence-electron chi connectivity index (χ3n) is 6.52. The number of ketones is 1. The van der Waals surface area contributed by atoms with Gasteiger partial charge >= 0.3 is 5.97 Å². The third kappa shape index (κ3) is 6.07. The molecule has 34 heavy (non-hydrogen) atoms. The van der Waals surface area contributed by atoms with E-state index in [1.54, 1.807) is 14.0 Å². The lowest BCUT2D eigenvalue weighted by Crippen LogP contribution is -2.20. The van der Waals surface area contributed by atoms with Crippen LogP contribution >= 0.6 is 0 Å². The van der Waals surface area contributed by atoms with E-state index >= 15 is 0 Å². The van der Waals surface area contributed by atoms with Crippen LogP contribution in [0, 0.1) is 0 Å².